The first-order chi connectivity index (χ1) is 11.7. The average molecular weight is 329 g/mol. The number of hydrogen-bond donors (Lipinski definition) is 0. The maximum absolute atomic E-state index is 6.46. The van der Waals surface area contributed by atoms with Gasteiger partial charge in [-0.25, -0.2) is 0 Å². The summed E-state index contributed by atoms with van der Waals surface area (Å²) in [5.41, 5.74) is 1.48. The Labute approximate surface area is 146 Å². The van der Waals surface area contributed by atoms with E-state index in [1.165, 1.54) is 44.2 Å². The van der Waals surface area contributed by atoms with Crippen molar-refractivity contribution in [3.05, 3.63) is 35.9 Å². The van der Waals surface area contributed by atoms with Crippen molar-refractivity contribution in [2.24, 2.45) is 0 Å². The monoisotopic (exact) mass is 329 g/mol. The van der Waals surface area contributed by atoms with Gasteiger partial charge in [0.1, 0.15) is 0 Å². The highest BCUT2D eigenvalue weighted by atomic mass is 16.7. The summed E-state index contributed by atoms with van der Waals surface area (Å²) < 4.78 is 12.7. The van der Waals surface area contributed by atoms with Gasteiger partial charge in [0.15, 0.2) is 5.79 Å². The molecule has 3 nitrogen and oxygen atoms in total. The van der Waals surface area contributed by atoms with Gasteiger partial charge in [-0.1, -0.05) is 36.8 Å². The number of rotatable bonds is 3. The summed E-state index contributed by atoms with van der Waals surface area (Å²) in [4.78, 5) is 2.60. The summed E-state index contributed by atoms with van der Waals surface area (Å²) in [5, 5.41) is 0. The smallest absolute Gasteiger partial charge is 0.169 e. The van der Waals surface area contributed by atoms with Gasteiger partial charge in [0.05, 0.1) is 12.7 Å². The van der Waals surface area contributed by atoms with E-state index in [0.717, 1.165) is 26.0 Å². The molecule has 0 amide bonds. The Morgan fingerprint density at radius 3 is 2.62 bits per heavy atom. The van der Waals surface area contributed by atoms with E-state index in [2.05, 4.69) is 42.2 Å². The van der Waals surface area contributed by atoms with Gasteiger partial charge in [0.25, 0.3) is 0 Å². The number of benzene rings is 1. The second-order valence-electron chi connectivity index (χ2n) is 7.99. The predicted octanol–water partition coefficient (Wildman–Crippen LogP) is 4.33. The summed E-state index contributed by atoms with van der Waals surface area (Å²) in [6, 6.07) is 11.6. The molecule has 0 N–H and O–H groups in total. The normalized spacial score (nSPS) is 37.8. The highest BCUT2D eigenvalue weighted by Gasteiger charge is 2.44. The van der Waals surface area contributed by atoms with E-state index in [-0.39, 0.29) is 11.9 Å². The molecule has 4 rings (SSSR count). The summed E-state index contributed by atoms with van der Waals surface area (Å²) in [7, 11) is 0. The molecule has 1 aromatic carbocycles. The van der Waals surface area contributed by atoms with Crippen molar-refractivity contribution in [2.45, 2.75) is 75.7 Å². The molecule has 0 radical (unpaired) electrons. The first-order valence-electron chi connectivity index (χ1n) is 9.85. The fourth-order valence-electron chi connectivity index (χ4n) is 4.78. The van der Waals surface area contributed by atoms with E-state index in [1.807, 2.05) is 0 Å². The fraction of sp³-hybridized carbons (Fsp3) is 0.714. The molecule has 2 heterocycles. The molecular weight excluding hydrogens is 298 g/mol. The number of nitrogens with zero attached hydrogens (tertiary/aromatic N) is 1. The molecule has 3 aliphatic rings. The Hall–Kier alpha value is -0.900. The van der Waals surface area contributed by atoms with Crippen molar-refractivity contribution in [3.63, 3.8) is 0 Å². The molecule has 132 valence electrons. The molecule has 3 fully saturated rings. The predicted molar refractivity (Wildman–Crippen MR) is 96.1 cm³/mol. The van der Waals surface area contributed by atoms with Crippen LogP contribution in [-0.2, 0) is 9.47 Å². The Bertz CT molecular complexity index is 524. The van der Waals surface area contributed by atoms with Crippen LogP contribution in [0.1, 0.15) is 63.4 Å². The van der Waals surface area contributed by atoms with Crippen molar-refractivity contribution in [1.29, 1.82) is 0 Å². The lowest BCUT2D eigenvalue weighted by molar-refractivity contribution is -0.190. The van der Waals surface area contributed by atoms with Gasteiger partial charge < -0.3 is 9.47 Å². The van der Waals surface area contributed by atoms with Crippen molar-refractivity contribution in [1.82, 2.24) is 4.90 Å². The molecule has 24 heavy (non-hydrogen) atoms. The van der Waals surface area contributed by atoms with Crippen molar-refractivity contribution in [2.75, 3.05) is 19.7 Å². The van der Waals surface area contributed by atoms with Crippen LogP contribution in [0, 0.1) is 0 Å². The fourth-order valence-corrected chi connectivity index (χ4v) is 4.78. The van der Waals surface area contributed by atoms with Crippen LogP contribution >= 0.6 is 0 Å². The largest absolute Gasteiger partial charge is 0.347 e. The highest BCUT2D eigenvalue weighted by molar-refractivity contribution is 5.20. The van der Waals surface area contributed by atoms with Gasteiger partial charge in [-0.15, -0.1) is 0 Å². The minimum Gasteiger partial charge on any atom is -0.347 e. The minimum atomic E-state index is -0.283. The van der Waals surface area contributed by atoms with Crippen LogP contribution in [0.3, 0.4) is 0 Å². The summed E-state index contributed by atoms with van der Waals surface area (Å²) in [6.07, 6.45) is 8.74. The second-order valence-corrected chi connectivity index (χ2v) is 7.99. The SMILES string of the molecule is CC1CCCCN1CC1COC2(CCC(c3ccccc3)CC2)O1. The summed E-state index contributed by atoms with van der Waals surface area (Å²) >= 11 is 0. The van der Waals surface area contributed by atoms with E-state index in [4.69, 9.17) is 9.47 Å². The molecule has 1 aliphatic carbocycles. The average Bonchev–Trinajstić information content (AvgIpc) is 3.01. The summed E-state index contributed by atoms with van der Waals surface area (Å²) in [6.45, 7) is 5.41. The number of ether oxygens (including phenoxy) is 2. The molecule has 2 unspecified atom stereocenters. The Morgan fingerprint density at radius 2 is 1.88 bits per heavy atom. The zero-order valence-corrected chi connectivity index (χ0v) is 15.0. The third-order valence-corrected chi connectivity index (χ3v) is 6.31. The van der Waals surface area contributed by atoms with E-state index in [9.17, 15) is 0 Å². The van der Waals surface area contributed by atoms with Crippen molar-refractivity contribution >= 4 is 0 Å². The van der Waals surface area contributed by atoms with Crippen molar-refractivity contribution in [3.8, 4) is 0 Å². The van der Waals surface area contributed by atoms with Crippen molar-refractivity contribution < 1.29 is 9.47 Å². The summed E-state index contributed by atoms with van der Waals surface area (Å²) in [5.74, 6) is 0.389. The molecule has 3 heteroatoms. The van der Waals surface area contributed by atoms with Crippen LogP contribution in [0.4, 0.5) is 0 Å². The van der Waals surface area contributed by atoms with Gasteiger partial charge in [0, 0.05) is 25.4 Å². The lowest BCUT2D eigenvalue weighted by atomic mass is 9.81. The topological polar surface area (TPSA) is 21.7 Å². The zero-order valence-electron chi connectivity index (χ0n) is 15.0. The lowest BCUT2D eigenvalue weighted by Gasteiger charge is -2.37. The van der Waals surface area contributed by atoms with Gasteiger partial charge in [0.2, 0.25) is 0 Å². The third-order valence-electron chi connectivity index (χ3n) is 6.31. The highest BCUT2D eigenvalue weighted by Crippen LogP contribution is 2.43. The number of hydrogen-bond acceptors (Lipinski definition) is 3. The quantitative estimate of drug-likeness (QED) is 0.824. The zero-order chi connectivity index (χ0) is 16.4. The van der Waals surface area contributed by atoms with E-state index in [0.29, 0.717) is 12.0 Å². The first kappa shape index (κ1) is 16.6. The van der Waals surface area contributed by atoms with Crippen LogP contribution < -0.4 is 0 Å². The van der Waals surface area contributed by atoms with E-state index >= 15 is 0 Å². The minimum absolute atomic E-state index is 0.263. The van der Waals surface area contributed by atoms with Crippen LogP contribution in [0.5, 0.6) is 0 Å². The number of piperidine rings is 1. The standard InChI is InChI=1S/C21H31NO2/c1-17-7-5-6-14-22(17)15-20-16-23-21(24-20)12-10-19(11-13-21)18-8-3-2-4-9-18/h2-4,8-9,17,19-20H,5-7,10-16H2,1H3. The first-order valence-corrected chi connectivity index (χ1v) is 9.85. The van der Waals surface area contributed by atoms with E-state index in [1.54, 1.807) is 0 Å². The second kappa shape index (κ2) is 7.15. The molecule has 2 saturated heterocycles. The van der Waals surface area contributed by atoms with E-state index < -0.39 is 0 Å². The molecular formula is C21H31NO2. The Kier molecular flexibility index (Phi) is 4.93. The molecule has 1 saturated carbocycles. The lowest BCUT2D eigenvalue weighted by Crippen LogP contribution is -2.43. The van der Waals surface area contributed by atoms with Crippen LogP contribution in [0.2, 0.25) is 0 Å². The van der Waals surface area contributed by atoms with Gasteiger partial charge in [-0.2, -0.15) is 0 Å². The number of likely N-dealkylation sites (tertiary alicyclic amines) is 1. The maximum Gasteiger partial charge on any atom is 0.169 e. The van der Waals surface area contributed by atoms with Crippen LogP contribution in [-0.4, -0.2) is 42.5 Å². The molecule has 2 atom stereocenters. The van der Waals surface area contributed by atoms with Crippen LogP contribution in [0.15, 0.2) is 30.3 Å². The maximum atomic E-state index is 6.46. The molecule has 1 spiro atoms. The van der Waals surface area contributed by atoms with Gasteiger partial charge >= 0.3 is 0 Å². The molecule has 2 aliphatic heterocycles. The van der Waals surface area contributed by atoms with Crippen LogP contribution in [0.25, 0.3) is 0 Å². The Balaban J connectivity index is 1.30. The molecule has 0 bridgehead atoms. The molecule has 1 aromatic rings. The Morgan fingerprint density at radius 1 is 1.08 bits per heavy atom. The third kappa shape index (κ3) is 3.54. The van der Waals surface area contributed by atoms with Gasteiger partial charge in [-0.05, 0) is 50.6 Å². The molecule has 0 aromatic heterocycles. The van der Waals surface area contributed by atoms with Gasteiger partial charge in [-0.3, -0.25) is 4.90 Å².